The lowest BCUT2D eigenvalue weighted by Crippen LogP contribution is -2.37. The van der Waals surface area contributed by atoms with Gasteiger partial charge in [0.2, 0.25) is 0 Å². The molecule has 0 aromatic heterocycles. The molecular formula is C40H28N2S. The number of hydrogen-bond acceptors (Lipinski definition) is 3. The van der Waals surface area contributed by atoms with Crippen LogP contribution in [0.1, 0.15) is 18.1 Å². The van der Waals surface area contributed by atoms with Crippen LogP contribution in [-0.2, 0) is 5.41 Å². The van der Waals surface area contributed by atoms with E-state index in [2.05, 4.69) is 168 Å². The second-order valence-corrected chi connectivity index (χ2v) is 11.6. The summed E-state index contributed by atoms with van der Waals surface area (Å²) < 4.78 is 0. The van der Waals surface area contributed by atoms with Gasteiger partial charge in [-0.15, -0.1) is 0 Å². The highest BCUT2D eigenvalue weighted by atomic mass is 32.2. The van der Waals surface area contributed by atoms with Crippen molar-refractivity contribution in [2.24, 2.45) is 0 Å². The first kappa shape index (κ1) is 26.5. The van der Waals surface area contributed by atoms with Crippen LogP contribution in [0.4, 0.5) is 17.1 Å². The van der Waals surface area contributed by atoms with Gasteiger partial charge in [-0.1, -0.05) is 109 Å². The van der Waals surface area contributed by atoms with Crippen LogP contribution in [-0.4, -0.2) is 0 Å². The van der Waals surface area contributed by atoms with Crippen LogP contribution in [0.5, 0.6) is 0 Å². The van der Waals surface area contributed by atoms with Crippen LogP contribution in [0.15, 0.2) is 184 Å². The second kappa shape index (κ2) is 11.5. The molecule has 2 nitrogen and oxygen atoms in total. The SMILES string of the molecule is CC1(C2=C/C=C/C=C/C=C2Nc2ccccc2)c2ccc#cc2N(C2=C=C=C(Sc3ccccc3)C=C2)c2ccccc21. The molecule has 0 saturated heterocycles. The summed E-state index contributed by atoms with van der Waals surface area (Å²) in [4.78, 5) is 4.44. The van der Waals surface area contributed by atoms with E-state index in [1.54, 1.807) is 11.8 Å². The van der Waals surface area contributed by atoms with Gasteiger partial charge in [0.1, 0.15) is 5.69 Å². The van der Waals surface area contributed by atoms with Gasteiger partial charge in [0.15, 0.2) is 0 Å². The minimum Gasteiger partial charge on any atom is -0.355 e. The molecule has 1 unspecified atom stereocenters. The van der Waals surface area contributed by atoms with E-state index in [-0.39, 0.29) is 0 Å². The summed E-state index contributed by atoms with van der Waals surface area (Å²) in [6.07, 6.45) is 17.0. The lowest BCUT2D eigenvalue weighted by Gasteiger charge is -2.44. The molecule has 4 aromatic rings. The topological polar surface area (TPSA) is 15.3 Å². The molecule has 0 amide bonds. The number of rotatable bonds is 6. The summed E-state index contributed by atoms with van der Waals surface area (Å²) >= 11 is 1.69. The maximum atomic E-state index is 3.71. The number of benzene rings is 3. The number of anilines is 3. The minimum atomic E-state index is -0.496. The lowest BCUT2D eigenvalue weighted by atomic mass is 9.66. The Morgan fingerprint density at radius 1 is 0.721 bits per heavy atom. The fourth-order valence-electron chi connectivity index (χ4n) is 5.86. The van der Waals surface area contributed by atoms with E-state index in [1.807, 2.05) is 18.2 Å². The Labute approximate surface area is 257 Å². The number of allylic oxidation sites excluding steroid dienone is 9. The molecule has 0 fully saturated rings. The maximum absolute atomic E-state index is 3.71. The minimum absolute atomic E-state index is 0.496. The fourth-order valence-corrected chi connectivity index (χ4v) is 6.65. The van der Waals surface area contributed by atoms with Crippen molar-refractivity contribution in [2.45, 2.75) is 17.2 Å². The van der Waals surface area contributed by atoms with Crippen molar-refractivity contribution in [3.05, 3.63) is 202 Å². The molecule has 43 heavy (non-hydrogen) atoms. The molecule has 1 aliphatic heterocycles. The number of fused-ring (bicyclic) bond motifs is 2. The highest BCUT2D eigenvalue weighted by molar-refractivity contribution is 8.03. The highest BCUT2D eigenvalue weighted by Gasteiger charge is 2.44. The Bertz CT molecular complexity index is 1900. The number of nitrogens with one attached hydrogen (secondary N) is 1. The largest absolute Gasteiger partial charge is 0.355 e. The van der Waals surface area contributed by atoms with Crippen LogP contribution < -0.4 is 10.2 Å². The van der Waals surface area contributed by atoms with Crippen LogP contribution in [0, 0.1) is 12.1 Å². The van der Waals surface area contributed by atoms with E-state index in [4.69, 9.17) is 0 Å². The van der Waals surface area contributed by atoms with Crippen LogP contribution in [0.25, 0.3) is 0 Å². The number of hydrogen-bond donors (Lipinski definition) is 1. The molecule has 1 heterocycles. The molecule has 1 N–H and O–H groups in total. The fraction of sp³-hybridized carbons (Fsp3) is 0.0500. The summed E-state index contributed by atoms with van der Waals surface area (Å²) in [5.74, 6) is 0. The lowest BCUT2D eigenvalue weighted by molar-refractivity contribution is 0.670. The van der Waals surface area contributed by atoms with Gasteiger partial charge in [0.05, 0.1) is 16.3 Å². The highest BCUT2D eigenvalue weighted by Crippen LogP contribution is 2.54. The van der Waals surface area contributed by atoms with Crippen LogP contribution in [0.3, 0.4) is 0 Å². The Morgan fingerprint density at radius 3 is 2.26 bits per heavy atom. The van der Waals surface area contributed by atoms with Gasteiger partial charge < -0.3 is 5.32 Å². The molecule has 1 atom stereocenters. The Balaban J connectivity index is 1.38. The quantitative estimate of drug-likeness (QED) is 0.233. The Hall–Kier alpha value is -5.35. The van der Waals surface area contributed by atoms with E-state index in [1.165, 1.54) is 10.5 Å². The Morgan fingerprint density at radius 2 is 1.47 bits per heavy atom. The smallest absolute Gasteiger partial charge is 0.102 e. The first-order valence-electron chi connectivity index (χ1n) is 14.3. The number of thioether (sulfide) groups is 1. The first-order valence-corrected chi connectivity index (χ1v) is 15.1. The summed E-state index contributed by atoms with van der Waals surface area (Å²) in [5, 5.41) is 3.71. The van der Waals surface area contributed by atoms with Crippen molar-refractivity contribution in [1.82, 2.24) is 0 Å². The van der Waals surface area contributed by atoms with E-state index in [0.29, 0.717) is 0 Å². The van der Waals surface area contributed by atoms with E-state index in [0.717, 1.165) is 44.5 Å². The average molecular weight is 569 g/mol. The third-order valence-corrected chi connectivity index (χ3v) is 8.85. The molecular weight excluding hydrogens is 541 g/mol. The zero-order valence-electron chi connectivity index (χ0n) is 23.7. The monoisotopic (exact) mass is 568 g/mol. The maximum Gasteiger partial charge on any atom is 0.102 e. The third kappa shape index (κ3) is 5.02. The summed E-state index contributed by atoms with van der Waals surface area (Å²) in [6, 6.07) is 40.2. The molecule has 7 rings (SSSR count). The predicted octanol–water partition coefficient (Wildman–Crippen LogP) is 9.98. The van der Waals surface area contributed by atoms with Gasteiger partial charge in [-0.25, -0.2) is 0 Å². The van der Waals surface area contributed by atoms with Gasteiger partial charge in [-0.2, -0.15) is 0 Å². The first-order chi connectivity index (χ1) is 21.2. The normalized spacial score (nSPS) is 17.5. The van der Waals surface area contributed by atoms with Crippen molar-refractivity contribution >= 4 is 28.8 Å². The van der Waals surface area contributed by atoms with Gasteiger partial charge in [-0.3, -0.25) is 4.90 Å². The molecule has 4 aromatic carbocycles. The zero-order valence-corrected chi connectivity index (χ0v) is 24.5. The van der Waals surface area contributed by atoms with E-state index < -0.39 is 5.41 Å². The van der Waals surface area contributed by atoms with Gasteiger partial charge >= 0.3 is 0 Å². The molecule has 0 spiro atoms. The van der Waals surface area contributed by atoms with Crippen molar-refractivity contribution < 1.29 is 0 Å². The van der Waals surface area contributed by atoms with E-state index >= 15 is 0 Å². The van der Waals surface area contributed by atoms with Crippen molar-refractivity contribution in [3.63, 3.8) is 0 Å². The summed E-state index contributed by atoms with van der Waals surface area (Å²) in [5.41, 5.74) is 14.9. The average Bonchev–Trinajstić information content (AvgIpc) is 3.04. The number of para-hydroxylation sites is 2. The molecule has 2 aliphatic carbocycles. The van der Waals surface area contributed by atoms with Crippen molar-refractivity contribution in [3.8, 4) is 0 Å². The van der Waals surface area contributed by atoms with Gasteiger partial charge in [0.25, 0.3) is 0 Å². The molecule has 0 saturated carbocycles. The zero-order chi connectivity index (χ0) is 29.1. The molecule has 3 aliphatic rings. The van der Waals surface area contributed by atoms with Crippen LogP contribution >= 0.6 is 11.8 Å². The van der Waals surface area contributed by atoms with Gasteiger partial charge in [0, 0.05) is 27.3 Å². The number of nitrogens with zero attached hydrogens (tertiary/aromatic N) is 1. The Kier molecular flexibility index (Phi) is 7.10. The standard InChI is InChI=1S/C40H28N2S/c1-40(34-20-10-2-3-11-23-37(34)41-30-16-6-4-7-17-30)35-21-12-14-24-38(35)42(39-25-15-13-22-36(39)40)31-26-28-33(29-27-31)43-32-18-8-5-9-19-32/h2-14,16-24,26,28,41H,1H3/b3-2?,10-2+,11-3+,20-10?,23-11?,34-20?,37-23?,37-34?. The van der Waals surface area contributed by atoms with Crippen LogP contribution in [0.2, 0.25) is 0 Å². The predicted molar refractivity (Wildman–Crippen MR) is 179 cm³/mol. The van der Waals surface area contributed by atoms with Crippen molar-refractivity contribution in [1.29, 1.82) is 0 Å². The molecule has 204 valence electrons. The molecule has 3 heteroatoms. The van der Waals surface area contributed by atoms with Crippen molar-refractivity contribution in [2.75, 3.05) is 10.2 Å². The molecule has 0 radical (unpaired) electrons. The van der Waals surface area contributed by atoms with E-state index in [9.17, 15) is 0 Å². The summed E-state index contributed by atoms with van der Waals surface area (Å²) in [6.45, 7) is 2.32. The third-order valence-electron chi connectivity index (χ3n) is 7.88. The van der Waals surface area contributed by atoms with Gasteiger partial charge in [-0.05, 0) is 90.6 Å². The summed E-state index contributed by atoms with van der Waals surface area (Å²) in [7, 11) is 0. The second-order valence-electron chi connectivity index (χ2n) is 10.5. The molecule has 0 bridgehead atoms.